The van der Waals surface area contributed by atoms with Crippen LogP contribution in [0.5, 0.6) is 0 Å². The lowest BCUT2D eigenvalue weighted by Gasteiger charge is -2.24. The standard InChI is InChI=1S/C60H41N5/c1-60(2)51-30-15-12-25-44(51)47-28-18-29-50(54(47)60)58-61-57(40-23-10-5-11-24-40)62-59(63-58)65-53-32-17-14-27-46(53)49-34-33-48-45-26-13-16-31-52(45)64(55(48)56(49)65)43-36-41(38-19-6-3-7-20-38)35-42(37-43)39-21-8-4-9-22-39/h3-37H,1-2H3. The van der Waals surface area contributed by atoms with Gasteiger partial charge >= 0.3 is 0 Å². The van der Waals surface area contributed by atoms with Crippen LogP contribution in [-0.2, 0) is 5.41 Å². The third-order valence-electron chi connectivity index (χ3n) is 13.5. The molecule has 0 unspecified atom stereocenters. The van der Waals surface area contributed by atoms with Gasteiger partial charge in [-0.25, -0.2) is 4.98 Å². The lowest BCUT2D eigenvalue weighted by molar-refractivity contribution is 0.661. The van der Waals surface area contributed by atoms with E-state index in [0.717, 1.165) is 77.3 Å². The van der Waals surface area contributed by atoms with Crippen LogP contribution in [0.2, 0.25) is 0 Å². The molecule has 0 fully saturated rings. The van der Waals surface area contributed by atoms with E-state index in [1.54, 1.807) is 0 Å². The van der Waals surface area contributed by atoms with Crippen molar-refractivity contribution >= 4 is 43.6 Å². The van der Waals surface area contributed by atoms with Gasteiger partial charge in [0.25, 0.3) is 0 Å². The third-order valence-corrected chi connectivity index (χ3v) is 13.5. The maximum Gasteiger partial charge on any atom is 0.238 e. The molecule has 0 radical (unpaired) electrons. The fourth-order valence-electron chi connectivity index (χ4n) is 10.6. The minimum Gasteiger partial charge on any atom is -0.307 e. The number of hydrogen-bond donors (Lipinski definition) is 0. The first kappa shape index (κ1) is 37.2. The molecule has 0 aliphatic heterocycles. The van der Waals surface area contributed by atoms with Crippen molar-refractivity contribution < 1.29 is 0 Å². The second kappa shape index (κ2) is 14.3. The maximum atomic E-state index is 5.58. The van der Waals surface area contributed by atoms with Gasteiger partial charge in [0.05, 0.1) is 22.1 Å². The summed E-state index contributed by atoms with van der Waals surface area (Å²) in [6, 6.07) is 76.1. The molecule has 0 saturated carbocycles. The highest BCUT2D eigenvalue weighted by Crippen LogP contribution is 2.52. The molecule has 5 heteroatoms. The normalized spacial score (nSPS) is 12.9. The molecule has 3 heterocycles. The van der Waals surface area contributed by atoms with Gasteiger partial charge in [0, 0.05) is 43.8 Å². The zero-order valence-corrected chi connectivity index (χ0v) is 35.9. The van der Waals surface area contributed by atoms with Crippen molar-refractivity contribution in [2.45, 2.75) is 19.3 Å². The first-order valence-electron chi connectivity index (χ1n) is 22.3. The summed E-state index contributed by atoms with van der Waals surface area (Å²) < 4.78 is 4.76. The Morgan fingerprint density at radius 3 is 1.49 bits per heavy atom. The van der Waals surface area contributed by atoms with Gasteiger partial charge in [0.15, 0.2) is 11.6 Å². The predicted molar refractivity (Wildman–Crippen MR) is 268 cm³/mol. The highest BCUT2D eigenvalue weighted by Gasteiger charge is 2.38. The van der Waals surface area contributed by atoms with E-state index in [4.69, 9.17) is 15.0 Å². The lowest BCUT2D eigenvalue weighted by atomic mass is 9.80. The number of benzene rings is 9. The van der Waals surface area contributed by atoms with Crippen LogP contribution < -0.4 is 0 Å². The summed E-state index contributed by atoms with van der Waals surface area (Å²) in [4.78, 5) is 16.4. The number of rotatable bonds is 6. The smallest absolute Gasteiger partial charge is 0.238 e. The van der Waals surface area contributed by atoms with E-state index in [1.165, 1.54) is 27.6 Å². The molecule has 3 aromatic heterocycles. The highest BCUT2D eigenvalue weighted by atomic mass is 15.2. The number of fused-ring (bicyclic) bond motifs is 10. The zero-order chi connectivity index (χ0) is 43.2. The number of hydrogen-bond acceptors (Lipinski definition) is 3. The molecule has 0 amide bonds. The van der Waals surface area contributed by atoms with Crippen molar-refractivity contribution in [3.05, 3.63) is 223 Å². The van der Waals surface area contributed by atoms with Gasteiger partial charge in [0.1, 0.15) is 0 Å². The summed E-state index contributed by atoms with van der Waals surface area (Å²) in [7, 11) is 0. The van der Waals surface area contributed by atoms with E-state index >= 15 is 0 Å². The molecule has 5 nitrogen and oxygen atoms in total. The van der Waals surface area contributed by atoms with Crippen LogP contribution in [0.15, 0.2) is 212 Å². The molecule has 12 aromatic rings. The van der Waals surface area contributed by atoms with E-state index in [2.05, 4.69) is 217 Å². The molecular formula is C60H41N5. The van der Waals surface area contributed by atoms with Crippen LogP contribution in [0.25, 0.3) is 111 Å². The van der Waals surface area contributed by atoms with E-state index in [9.17, 15) is 0 Å². The number of para-hydroxylation sites is 2. The Bertz CT molecular complexity index is 3790. The van der Waals surface area contributed by atoms with Crippen LogP contribution in [0.1, 0.15) is 25.0 Å². The summed E-state index contributed by atoms with van der Waals surface area (Å²) in [5, 5.41) is 4.58. The van der Waals surface area contributed by atoms with Crippen LogP contribution in [0.3, 0.4) is 0 Å². The van der Waals surface area contributed by atoms with Gasteiger partial charge in [-0.3, -0.25) is 4.57 Å². The van der Waals surface area contributed by atoms with E-state index in [1.807, 2.05) is 18.2 Å². The van der Waals surface area contributed by atoms with E-state index < -0.39 is 0 Å². The summed E-state index contributed by atoms with van der Waals surface area (Å²) in [5.74, 6) is 1.84. The number of aromatic nitrogens is 5. The van der Waals surface area contributed by atoms with Gasteiger partial charge in [-0.05, 0) is 74.8 Å². The summed E-state index contributed by atoms with van der Waals surface area (Å²) in [5.41, 5.74) is 16.7. The fourth-order valence-corrected chi connectivity index (χ4v) is 10.6. The molecule has 1 aliphatic rings. The van der Waals surface area contributed by atoms with Crippen molar-refractivity contribution in [2.24, 2.45) is 0 Å². The monoisotopic (exact) mass is 831 g/mol. The molecule has 13 rings (SSSR count). The van der Waals surface area contributed by atoms with Gasteiger partial charge in [0.2, 0.25) is 5.95 Å². The molecule has 1 aliphatic carbocycles. The van der Waals surface area contributed by atoms with Crippen LogP contribution in [0, 0.1) is 0 Å². The molecule has 0 spiro atoms. The van der Waals surface area contributed by atoms with Crippen LogP contribution in [0.4, 0.5) is 0 Å². The van der Waals surface area contributed by atoms with Crippen LogP contribution in [-0.4, -0.2) is 24.1 Å². The van der Waals surface area contributed by atoms with Gasteiger partial charge in [-0.15, -0.1) is 0 Å². The molecule has 0 atom stereocenters. The first-order chi connectivity index (χ1) is 32.0. The molecule has 9 aromatic carbocycles. The molecule has 0 N–H and O–H groups in total. The second-order valence-electron chi connectivity index (χ2n) is 17.6. The highest BCUT2D eigenvalue weighted by molar-refractivity contribution is 6.23. The summed E-state index contributed by atoms with van der Waals surface area (Å²) in [6.07, 6.45) is 0. The molecule has 65 heavy (non-hydrogen) atoms. The Morgan fingerprint density at radius 1 is 0.354 bits per heavy atom. The van der Waals surface area contributed by atoms with Crippen LogP contribution >= 0.6 is 0 Å². The van der Waals surface area contributed by atoms with Gasteiger partial charge < -0.3 is 4.57 Å². The van der Waals surface area contributed by atoms with E-state index in [-0.39, 0.29) is 5.41 Å². The molecule has 0 saturated heterocycles. The van der Waals surface area contributed by atoms with Gasteiger partial charge in [-0.2, -0.15) is 9.97 Å². The molecule has 306 valence electrons. The third kappa shape index (κ3) is 5.68. The predicted octanol–water partition coefficient (Wildman–Crippen LogP) is 15.0. The lowest BCUT2D eigenvalue weighted by Crippen LogP contribution is -2.17. The average molecular weight is 832 g/mol. The fraction of sp³-hybridized carbons (Fsp3) is 0.0500. The van der Waals surface area contributed by atoms with Crippen molar-refractivity contribution in [3.63, 3.8) is 0 Å². The average Bonchev–Trinajstić information content (AvgIpc) is 3.98. The number of nitrogens with zero attached hydrogens (tertiary/aromatic N) is 5. The van der Waals surface area contributed by atoms with Crippen molar-refractivity contribution in [1.82, 2.24) is 24.1 Å². The minimum atomic E-state index is -0.269. The molecular weight excluding hydrogens is 791 g/mol. The summed E-state index contributed by atoms with van der Waals surface area (Å²) >= 11 is 0. The Morgan fingerprint density at radius 2 is 0.846 bits per heavy atom. The van der Waals surface area contributed by atoms with Gasteiger partial charge in [-0.1, -0.05) is 196 Å². The SMILES string of the molecule is CC1(C)c2ccccc2-c2cccc(-c3nc(-c4ccccc4)nc(-n4c5ccccc5c5ccc6c7ccccc7n(-c7cc(-c8ccccc8)cc(-c8ccccc8)c7)c6c54)n3)c21. The Balaban J connectivity index is 1.15. The topological polar surface area (TPSA) is 48.5 Å². The van der Waals surface area contributed by atoms with Crippen molar-refractivity contribution in [1.29, 1.82) is 0 Å². The second-order valence-corrected chi connectivity index (χ2v) is 17.6. The largest absolute Gasteiger partial charge is 0.307 e. The summed E-state index contributed by atoms with van der Waals surface area (Å²) in [6.45, 7) is 4.64. The Kier molecular flexibility index (Phi) is 8.18. The Hall–Kier alpha value is -8.41. The Labute approximate surface area is 376 Å². The van der Waals surface area contributed by atoms with Crippen molar-refractivity contribution in [2.75, 3.05) is 0 Å². The minimum absolute atomic E-state index is 0.269. The maximum absolute atomic E-state index is 5.58. The molecule has 0 bridgehead atoms. The quantitative estimate of drug-likeness (QED) is 0.168. The first-order valence-corrected chi connectivity index (χ1v) is 22.3. The van der Waals surface area contributed by atoms with E-state index in [0.29, 0.717) is 17.6 Å². The van der Waals surface area contributed by atoms with Crippen molar-refractivity contribution in [3.8, 4) is 67.8 Å². The zero-order valence-electron chi connectivity index (χ0n) is 35.9.